The summed E-state index contributed by atoms with van der Waals surface area (Å²) in [5, 5.41) is 6.45. The van der Waals surface area contributed by atoms with Gasteiger partial charge in [-0.15, -0.1) is 0 Å². The summed E-state index contributed by atoms with van der Waals surface area (Å²) in [6.07, 6.45) is 2.42. The van der Waals surface area contributed by atoms with Gasteiger partial charge in [0.15, 0.2) is 5.82 Å². The molecule has 0 unspecified atom stereocenters. The zero-order chi connectivity index (χ0) is 23.7. The number of aromatic nitrogens is 2. The molecule has 2 atom stereocenters. The maximum absolute atomic E-state index is 13.9. The Labute approximate surface area is 205 Å². The van der Waals surface area contributed by atoms with Crippen molar-refractivity contribution in [1.82, 2.24) is 20.2 Å². The first-order valence-electron chi connectivity index (χ1n) is 10.5. The molecule has 2 fully saturated rings. The van der Waals surface area contributed by atoms with Crippen molar-refractivity contribution in [2.24, 2.45) is 0 Å². The SMILES string of the molecule is C[C@@H](Nc1nc(N2CCN(C(=O)[C@H]3CCC(=O)N3)CC2)ncc1Cl)c1cc(F)c(Cl)cc1Cl. The maximum Gasteiger partial charge on any atom is 0.245 e. The lowest BCUT2D eigenvalue weighted by Gasteiger charge is -2.36. The lowest BCUT2D eigenvalue weighted by Crippen LogP contribution is -2.53. The zero-order valence-electron chi connectivity index (χ0n) is 17.7. The van der Waals surface area contributed by atoms with Gasteiger partial charge in [0.25, 0.3) is 0 Å². The predicted molar refractivity (Wildman–Crippen MR) is 125 cm³/mol. The van der Waals surface area contributed by atoms with Crippen LogP contribution in [0.25, 0.3) is 0 Å². The van der Waals surface area contributed by atoms with Crippen LogP contribution in [0.1, 0.15) is 31.4 Å². The van der Waals surface area contributed by atoms with Crippen molar-refractivity contribution in [2.75, 3.05) is 36.4 Å². The van der Waals surface area contributed by atoms with Crippen LogP contribution in [0.5, 0.6) is 0 Å². The second-order valence-corrected chi connectivity index (χ2v) is 9.21. The van der Waals surface area contributed by atoms with Gasteiger partial charge in [0.2, 0.25) is 17.8 Å². The summed E-state index contributed by atoms with van der Waals surface area (Å²) in [5.41, 5.74) is 0.515. The van der Waals surface area contributed by atoms with E-state index in [4.69, 9.17) is 34.8 Å². The molecule has 2 amide bonds. The molecule has 176 valence electrons. The molecule has 2 aromatic rings. The number of nitrogens with zero attached hydrogens (tertiary/aromatic N) is 4. The number of hydrogen-bond donors (Lipinski definition) is 2. The van der Waals surface area contributed by atoms with Crippen molar-refractivity contribution < 1.29 is 14.0 Å². The van der Waals surface area contributed by atoms with E-state index in [1.54, 1.807) is 11.8 Å². The summed E-state index contributed by atoms with van der Waals surface area (Å²) in [7, 11) is 0. The van der Waals surface area contributed by atoms with E-state index < -0.39 is 17.9 Å². The van der Waals surface area contributed by atoms with Crippen LogP contribution in [-0.2, 0) is 9.59 Å². The Hall–Kier alpha value is -2.36. The van der Waals surface area contributed by atoms with E-state index >= 15 is 0 Å². The van der Waals surface area contributed by atoms with E-state index in [1.807, 2.05) is 4.90 Å². The Kier molecular flexibility index (Phi) is 7.11. The van der Waals surface area contributed by atoms with E-state index in [9.17, 15) is 14.0 Å². The number of amides is 2. The Morgan fingerprint density at radius 3 is 2.58 bits per heavy atom. The molecule has 0 radical (unpaired) electrons. The molecule has 0 spiro atoms. The van der Waals surface area contributed by atoms with Gasteiger partial charge in [-0.1, -0.05) is 34.8 Å². The molecule has 1 aromatic carbocycles. The van der Waals surface area contributed by atoms with Crippen LogP contribution in [0.2, 0.25) is 15.1 Å². The number of benzene rings is 1. The molecule has 8 nitrogen and oxygen atoms in total. The average molecular weight is 516 g/mol. The number of rotatable bonds is 5. The standard InChI is InChI=1S/C21H22Cl3FN6O2/c1-11(12-8-16(25)14(23)9-13(12)22)27-19-15(24)10-26-21(29-19)31-6-4-30(5-7-31)20(33)17-2-3-18(32)28-17/h8-11,17H,2-7H2,1H3,(H,28,32)(H,26,27,29)/t11-,17-/m1/s1. The summed E-state index contributed by atoms with van der Waals surface area (Å²) in [4.78, 5) is 36.6. The summed E-state index contributed by atoms with van der Waals surface area (Å²) >= 11 is 18.3. The first-order chi connectivity index (χ1) is 15.7. The van der Waals surface area contributed by atoms with Gasteiger partial charge < -0.3 is 20.4 Å². The Bertz CT molecular complexity index is 1080. The topological polar surface area (TPSA) is 90.5 Å². The number of anilines is 2. The molecule has 0 aliphatic carbocycles. The molecule has 12 heteroatoms. The van der Waals surface area contributed by atoms with Crippen LogP contribution < -0.4 is 15.5 Å². The van der Waals surface area contributed by atoms with Crippen LogP contribution >= 0.6 is 34.8 Å². The van der Waals surface area contributed by atoms with Crippen molar-refractivity contribution in [2.45, 2.75) is 31.8 Å². The summed E-state index contributed by atoms with van der Waals surface area (Å²) in [5.74, 6) is 0.138. The minimum atomic E-state index is -0.566. The fourth-order valence-corrected chi connectivity index (χ4v) is 4.60. The minimum Gasteiger partial charge on any atom is -0.362 e. The first kappa shape index (κ1) is 23.8. The fraction of sp³-hybridized carbons (Fsp3) is 0.429. The minimum absolute atomic E-state index is 0.0498. The number of piperazine rings is 1. The van der Waals surface area contributed by atoms with Gasteiger partial charge in [-0.3, -0.25) is 9.59 Å². The fourth-order valence-electron chi connectivity index (χ4n) is 3.91. The van der Waals surface area contributed by atoms with Gasteiger partial charge in [0, 0.05) is 37.6 Å². The van der Waals surface area contributed by atoms with E-state index in [0.717, 1.165) is 0 Å². The normalized spacial score (nSPS) is 19.4. The Morgan fingerprint density at radius 1 is 1.18 bits per heavy atom. The lowest BCUT2D eigenvalue weighted by molar-refractivity contribution is -0.134. The summed E-state index contributed by atoms with van der Waals surface area (Å²) in [6, 6.07) is 1.80. The first-order valence-corrected chi connectivity index (χ1v) is 11.6. The van der Waals surface area contributed by atoms with Gasteiger partial charge in [-0.2, -0.15) is 4.98 Å². The Balaban J connectivity index is 1.42. The molecule has 33 heavy (non-hydrogen) atoms. The second-order valence-electron chi connectivity index (χ2n) is 7.99. The van der Waals surface area contributed by atoms with Gasteiger partial charge in [0.05, 0.1) is 17.3 Å². The predicted octanol–water partition coefficient (Wildman–Crippen LogP) is 3.68. The van der Waals surface area contributed by atoms with Crippen LogP contribution in [0, 0.1) is 5.82 Å². The monoisotopic (exact) mass is 514 g/mol. The zero-order valence-corrected chi connectivity index (χ0v) is 20.0. The molecular weight excluding hydrogens is 494 g/mol. The highest BCUT2D eigenvalue weighted by Crippen LogP contribution is 2.32. The maximum atomic E-state index is 13.9. The van der Waals surface area contributed by atoms with Crippen molar-refractivity contribution in [3.63, 3.8) is 0 Å². The highest BCUT2D eigenvalue weighted by molar-refractivity contribution is 6.35. The molecule has 0 saturated carbocycles. The number of carbonyl (C=O) groups is 2. The molecule has 2 aliphatic rings. The van der Waals surface area contributed by atoms with Crippen LogP contribution in [0.4, 0.5) is 16.2 Å². The molecule has 2 aliphatic heterocycles. The number of carbonyl (C=O) groups excluding carboxylic acids is 2. The number of hydrogen-bond acceptors (Lipinski definition) is 6. The Morgan fingerprint density at radius 2 is 1.91 bits per heavy atom. The van der Waals surface area contributed by atoms with Crippen LogP contribution in [-0.4, -0.2) is 58.9 Å². The van der Waals surface area contributed by atoms with Gasteiger partial charge in [-0.25, -0.2) is 9.37 Å². The van der Waals surface area contributed by atoms with E-state index in [0.29, 0.717) is 66.4 Å². The average Bonchev–Trinajstić information content (AvgIpc) is 3.23. The highest BCUT2D eigenvalue weighted by Gasteiger charge is 2.32. The summed E-state index contributed by atoms with van der Waals surface area (Å²) < 4.78 is 13.9. The highest BCUT2D eigenvalue weighted by atomic mass is 35.5. The number of nitrogens with one attached hydrogen (secondary N) is 2. The van der Waals surface area contributed by atoms with Crippen molar-refractivity contribution in [3.8, 4) is 0 Å². The van der Waals surface area contributed by atoms with Crippen molar-refractivity contribution in [1.29, 1.82) is 0 Å². The summed E-state index contributed by atoms with van der Waals surface area (Å²) in [6.45, 7) is 3.87. The van der Waals surface area contributed by atoms with Gasteiger partial charge >= 0.3 is 0 Å². The lowest BCUT2D eigenvalue weighted by atomic mass is 10.1. The molecule has 2 saturated heterocycles. The third-order valence-electron chi connectivity index (χ3n) is 5.76. The molecule has 1 aromatic heterocycles. The molecule has 2 N–H and O–H groups in total. The van der Waals surface area contributed by atoms with E-state index in [1.165, 1.54) is 18.3 Å². The largest absolute Gasteiger partial charge is 0.362 e. The smallest absolute Gasteiger partial charge is 0.245 e. The van der Waals surface area contributed by atoms with Crippen LogP contribution in [0.15, 0.2) is 18.3 Å². The van der Waals surface area contributed by atoms with Crippen molar-refractivity contribution >= 4 is 58.4 Å². The van der Waals surface area contributed by atoms with Crippen molar-refractivity contribution in [3.05, 3.63) is 44.8 Å². The van der Waals surface area contributed by atoms with E-state index in [-0.39, 0.29) is 16.8 Å². The third-order valence-corrected chi connectivity index (χ3v) is 6.65. The molecule has 4 rings (SSSR count). The molecular formula is C21H22Cl3FN6O2. The molecule has 0 bridgehead atoms. The molecule has 3 heterocycles. The van der Waals surface area contributed by atoms with Crippen LogP contribution in [0.3, 0.4) is 0 Å². The van der Waals surface area contributed by atoms with Gasteiger partial charge in [0.1, 0.15) is 16.9 Å². The quantitative estimate of drug-likeness (QED) is 0.591. The van der Waals surface area contributed by atoms with E-state index in [2.05, 4.69) is 20.6 Å². The van der Waals surface area contributed by atoms with Gasteiger partial charge in [-0.05, 0) is 31.0 Å². The number of halogens is 4. The third kappa shape index (κ3) is 5.26. The second kappa shape index (κ2) is 9.87.